The Morgan fingerprint density at radius 1 is 1.15 bits per heavy atom. The van der Waals surface area contributed by atoms with Crippen LogP contribution in [-0.4, -0.2) is 25.0 Å². The summed E-state index contributed by atoms with van der Waals surface area (Å²) in [6.07, 6.45) is -0.151. The van der Waals surface area contributed by atoms with E-state index in [2.05, 4.69) is 5.32 Å². The van der Waals surface area contributed by atoms with Gasteiger partial charge in [0.15, 0.2) is 17.5 Å². The maximum absolute atomic E-state index is 13.9. The van der Waals surface area contributed by atoms with Crippen LogP contribution in [0.15, 0.2) is 36.4 Å². The molecule has 1 aliphatic heterocycles. The Labute approximate surface area is 153 Å². The highest BCUT2D eigenvalue weighted by atomic mass is 19.2. The third kappa shape index (κ3) is 3.89. The minimum Gasteiger partial charge on any atom is -0.494 e. The number of benzene rings is 2. The van der Waals surface area contributed by atoms with E-state index in [4.69, 9.17) is 4.74 Å². The highest BCUT2D eigenvalue weighted by Gasteiger charge is 2.37. The number of rotatable bonds is 5. The zero-order valence-corrected chi connectivity index (χ0v) is 14.5. The second-order valence-corrected chi connectivity index (χ2v) is 6.05. The Kier molecular flexibility index (Phi) is 5.34. The van der Waals surface area contributed by atoms with E-state index in [-0.39, 0.29) is 18.7 Å². The Morgan fingerprint density at radius 3 is 2.52 bits per heavy atom. The summed E-state index contributed by atoms with van der Waals surface area (Å²) in [7, 11) is 0. The molecule has 1 fully saturated rings. The van der Waals surface area contributed by atoms with Crippen LogP contribution in [0.3, 0.4) is 0 Å². The van der Waals surface area contributed by atoms with Gasteiger partial charge in [0.2, 0.25) is 11.8 Å². The van der Waals surface area contributed by atoms with Crippen molar-refractivity contribution in [2.45, 2.75) is 13.3 Å². The van der Waals surface area contributed by atoms with E-state index in [1.807, 2.05) is 6.92 Å². The molecule has 1 N–H and O–H groups in total. The number of amides is 2. The molecule has 0 aromatic heterocycles. The summed E-state index contributed by atoms with van der Waals surface area (Å²) < 4.78 is 45.8. The molecule has 2 amide bonds. The van der Waals surface area contributed by atoms with Crippen molar-refractivity contribution in [1.82, 2.24) is 0 Å². The number of anilines is 2. The third-order valence-corrected chi connectivity index (χ3v) is 4.23. The van der Waals surface area contributed by atoms with Crippen LogP contribution in [0.25, 0.3) is 0 Å². The van der Waals surface area contributed by atoms with Gasteiger partial charge in [0.1, 0.15) is 5.75 Å². The lowest BCUT2D eigenvalue weighted by Gasteiger charge is -2.18. The maximum atomic E-state index is 13.9. The molecule has 1 atom stereocenters. The van der Waals surface area contributed by atoms with Crippen molar-refractivity contribution in [2.75, 3.05) is 23.4 Å². The number of hydrogen-bond donors (Lipinski definition) is 1. The van der Waals surface area contributed by atoms with Crippen molar-refractivity contribution >= 4 is 23.2 Å². The van der Waals surface area contributed by atoms with Gasteiger partial charge in [0.05, 0.1) is 18.2 Å². The van der Waals surface area contributed by atoms with Crippen LogP contribution in [0.5, 0.6) is 5.75 Å². The van der Waals surface area contributed by atoms with Crippen LogP contribution < -0.4 is 15.0 Å². The largest absolute Gasteiger partial charge is 0.494 e. The van der Waals surface area contributed by atoms with Crippen LogP contribution >= 0.6 is 0 Å². The molecule has 2 aromatic carbocycles. The molecule has 5 nitrogen and oxygen atoms in total. The van der Waals surface area contributed by atoms with Crippen molar-refractivity contribution < 1.29 is 27.5 Å². The van der Waals surface area contributed by atoms with Crippen LogP contribution in [-0.2, 0) is 9.59 Å². The first-order valence-corrected chi connectivity index (χ1v) is 8.38. The fraction of sp³-hybridized carbons (Fsp3) is 0.263. The van der Waals surface area contributed by atoms with Gasteiger partial charge in [0.25, 0.3) is 0 Å². The van der Waals surface area contributed by atoms with Gasteiger partial charge in [-0.1, -0.05) is 0 Å². The van der Waals surface area contributed by atoms with Gasteiger partial charge in [-0.2, -0.15) is 0 Å². The summed E-state index contributed by atoms with van der Waals surface area (Å²) in [5.74, 6) is -5.47. The number of ether oxygens (including phenoxy) is 1. The fourth-order valence-corrected chi connectivity index (χ4v) is 2.89. The number of nitrogens with one attached hydrogen (secondary N) is 1. The van der Waals surface area contributed by atoms with Crippen molar-refractivity contribution in [3.05, 3.63) is 53.8 Å². The van der Waals surface area contributed by atoms with Gasteiger partial charge in [-0.25, -0.2) is 13.2 Å². The molecule has 0 saturated carbocycles. The molecule has 0 radical (unpaired) electrons. The first-order valence-electron chi connectivity index (χ1n) is 8.38. The Morgan fingerprint density at radius 2 is 1.85 bits per heavy atom. The SMILES string of the molecule is CCOc1ccc(NC(=O)C2CC(=O)N(c3ccc(F)c(F)c3F)C2)cc1. The first-order chi connectivity index (χ1) is 12.9. The summed E-state index contributed by atoms with van der Waals surface area (Å²) in [4.78, 5) is 25.5. The van der Waals surface area contributed by atoms with Crippen LogP contribution in [0.4, 0.5) is 24.5 Å². The quantitative estimate of drug-likeness (QED) is 0.811. The number of hydrogen-bond acceptors (Lipinski definition) is 3. The van der Waals surface area contributed by atoms with Gasteiger partial charge in [0, 0.05) is 18.7 Å². The Balaban J connectivity index is 1.69. The standard InChI is InChI=1S/C19H17F3N2O3/c1-2-27-13-5-3-12(4-6-13)23-19(26)11-9-16(25)24(10-11)15-8-7-14(20)17(21)18(15)22/h3-8,11H,2,9-10H2,1H3,(H,23,26). The molecule has 1 unspecified atom stereocenters. The van der Waals surface area contributed by atoms with Crippen LogP contribution in [0.1, 0.15) is 13.3 Å². The lowest BCUT2D eigenvalue weighted by Crippen LogP contribution is -2.29. The van der Waals surface area contributed by atoms with Gasteiger partial charge in [-0.15, -0.1) is 0 Å². The van der Waals surface area contributed by atoms with Gasteiger partial charge < -0.3 is 15.0 Å². The van der Waals surface area contributed by atoms with Crippen LogP contribution in [0, 0.1) is 23.4 Å². The highest BCUT2D eigenvalue weighted by Crippen LogP contribution is 2.30. The maximum Gasteiger partial charge on any atom is 0.229 e. The number of carbonyl (C=O) groups is 2. The summed E-state index contributed by atoms with van der Waals surface area (Å²) in [5.41, 5.74) is 0.142. The third-order valence-electron chi connectivity index (χ3n) is 4.23. The average molecular weight is 378 g/mol. The zero-order chi connectivity index (χ0) is 19.6. The van der Waals surface area contributed by atoms with E-state index in [9.17, 15) is 22.8 Å². The summed E-state index contributed by atoms with van der Waals surface area (Å²) >= 11 is 0. The minimum absolute atomic E-state index is 0.121. The lowest BCUT2D eigenvalue weighted by molar-refractivity contribution is -0.122. The second-order valence-electron chi connectivity index (χ2n) is 6.05. The monoisotopic (exact) mass is 378 g/mol. The van der Waals surface area contributed by atoms with E-state index < -0.39 is 35.2 Å². The number of halogens is 3. The predicted octanol–water partition coefficient (Wildman–Crippen LogP) is 3.49. The van der Waals surface area contributed by atoms with E-state index in [0.717, 1.165) is 17.0 Å². The van der Waals surface area contributed by atoms with Crippen molar-refractivity contribution in [3.8, 4) is 5.75 Å². The molecule has 0 aliphatic carbocycles. The lowest BCUT2D eigenvalue weighted by atomic mass is 10.1. The van der Waals surface area contributed by atoms with Crippen molar-refractivity contribution in [3.63, 3.8) is 0 Å². The molecular formula is C19H17F3N2O3. The molecule has 142 valence electrons. The number of carbonyl (C=O) groups excluding carboxylic acids is 2. The van der Waals surface area contributed by atoms with Gasteiger partial charge in [-0.05, 0) is 43.3 Å². The molecule has 3 rings (SSSR count). The smallest absolute Gasteiger partial charge is 0.229 e. The molecule has 8 heteroatoms. The normalized spacial score (nSPS) is 16.5. The average Bonchev–Trinajstić information content (AvgIpc) is 3.03. The topological polar surface area (TPSA) is 58.6 Å². The number of nitrogens with zero attached hydrogens (tertiary/aromatic N) is 1. The summed E-state index contributed by atoms with van der Waals surface area (Å²) in [6, 6.07) is 8.44. The van der Waals surface area contributed by atoms with E-state index in [0.29, 0.717) is 18.0 Å². The molecule has 1 heterocycles. The Hall–Kier alpha value is -3.03. The summed E-state index contributed by atoms with van der Waals surface area (Å²) in [6.45, 7) is 2.25. The van der Waals surface area contributed by atoms with Crippen molar-refractivity contribution in [2.24, 2.45) is 5.92 Å². The van der Waals surface area contributed by atoms with E-state index in [1.54, 1.807) is 24.3 Å². The highest BCUT2D eigenvalue weighted by molar-refractivity contribution is 6.03. The zero-order valence-electron chi connectivity index (χ0n) is 14.5. The molecule has 27 heavy (non-hydrogen) atoms. The second kappa shape index (κ2) is 7.69. The Bertz CT molecular complexity index is 871. The molecule has 2 aromatic rings. The fourth-order valence-electron chi connectivity index (χ4n) is 2.89. The van der Waals surface area contributed by atoms with E-state index >= 15 is 0 Å². The molecule has 1 aliphatic rings. The molecule has 0 bridgehead atoms. The first kappa shape index (κ1) is 18.8. The summed E-state index contributed by atoms with van der Waals surface area (Å²) in [5, 5.41) is 2.68. The molecular weight excluding hydrogens is 361 g/mol. The van der Waals surface area contributed by atoms with Crippen molar-refractivity contribution in [1.29, 1.82) is 0 Å². The van der Waals surface area contributed by atoms with E-state index in [1.165, 1.54) is 0 Å². The van der Waals surface area contributed by atoms with Gasteiger partial charge in [-0.3, -0.25) is 9.59 Å². The van der Waals surface area contributed by atoms with Gasteiger partial charge >= 0.3 is 0 Å². The molecule has 1 saturated heterocycles. The minimum atomic E-state index is -1.65. The predicted molar refractivity (Wildman–Crippen MR) is 93.0 cm³/mol. The van der Waals surface area contributed by atoms with Crippen LogP contribution in [0.2, 0.25) is 0 Å². The molecule has 0 spiro atoms.